The van der Waals surface area contributed by atoms with Crippen LogP contribution in [0, 0.1) is 5.92 Å². The number of ketones is 1. The van der Waals surface area contributed by atoms with Crippen LogP contribution in [0.2, 0.25) is 0 Å². The van der Waals surface area contributed by atoms with Crippen molar-refractivity contribution in [3.63, 3.8) is 0 Å². The molecule has 0 bridgehead atoms. The van der Waals surface area contributed by atoms with Crippen LogP contribution in [-0.2, 0) is 14.4 Å². The van der Waals surface area contributed by atoms with Crippen molar-refractivity contribution in [2.24, 2.45) is 17.4 Å². The van der Waals surface area contributed by atoms with E-state index in [-0.39, 0.29) is 24.7 Å². The molecule has 5 N–H and O–H groups in total. The third kappa shape index (κ3) is 5.45. The standard InChI is InChI=1S/C10H19N3O3/c1-3-6(2)8(14)5-13-10(16)7(11)4-9(12)15/h6-7H,3-5,11H2,1-2H3,(H2,12,15)(H,13,16)/t6-,7-/m0/s1. The van der Waals surface area contributed by atoms with Crippen LogP contribution >= 0.6 is 0 Å². The number of amides is 2. The van der Waals surface area contributed by atoms with Gasteiger partial charge in [0.1, 0.15) is 0 Å². The number of carbonyl (C=O) groups is 3. The largest absolute Gasteiger partial charge is 0.370 e. The van der Waals surface area contributed by atoms with Gasteiger partial charge in [-0.05, 0) is 6.42 Å². The van der Waals surface area contributed by atoms with E-state index >= 15 is 0 Å². The van der Waals surface area contributed by atoms with Gasteiger partial charge in [0.2, 0.25) is 11.8 Å². The summed E-state index contributed by atoms with van der Waals surface area (Å²) in [4.78, 5) is 33.2. The average molecular weight is 229 g/mol. The van der Waals surface area contributed by atoms with Gasteiger partial charge in [0.05, 0.1) is 19.0 Å². The molecule has 6 heteroatoms. The Balaban J connectivity index is 3.97. The van der Waals surface area contributed by atoms with Crippen molar-refractivity contribution in [1.82, 2.24) is 5.32 Å². The summed E-state index contributed by atoms with van der Waals surface area (Å²) in [6, 6.07) is -0.984. The molecule has 0 radical (unpaired) electrons. The molecule has 0 aromatic rings. The molecule has 0 heterocycles. The maximum atomic E-state index is 11.4. The van der Waals surface area contributed by atoms with Crippen LogP contribution < -0.4 is 16.8 Å². The zero-order chi connectivity index (χ0) is 12.7. The maximum Gasteiger partial charge on any atom is 0.237 e. The number of Topliss-reactive ketones (excluding diaryl/α,β-unsaturated/α-hetero) is 1. The van der Waals surface area contributed by atoms with Gasteiger partial charge in [-0.3, -0.25) is 14.4 Å². The van der Waals surface area contributed by atoms with Crippen LogP contribution in [0.15, 0.2) is 0 Å². The smallest absolute Gasteiger partial charge is 0.237 e. The van der Waals surface area contributed by atoms with Crippen molar-refractivity contribution in [2.75, 3.05) is 6.54 Å². The van der Waals surface area contributed by atoms with Gasteiger partial charge in [-0.25, -0.2) is 0 Å². The Morgan fingerprint density at radius 2 is 1.88 bits per heavy atom. The topological polar surface area (TPSA) is 115 Å². The monoisotopic (exact) mass is 229 g/mol. The summed E-state index contributed by atoms with van der Waals surface area (Å²) in [6.45, 7) is 3.63. The van der Waals surface area contributed by atoms with E-state index in [1.165, 1.54) is 0 Å². The molecule has 0 saturated carbocycles. The number of carbonyl (C=O) groups excluding carboxylic acids is 3. The predicted molar refractivity (Wildman–Crippen MR) is 59.3 cm³/mol. The Kier molecular flexibility index (Phi) is 6.32. The lowest BCUT2D eigenvalue weighted by Crippen LogP contribution is -2.45. The highest BCUT2D eigenvalue weighted by Crippen LogP contribution is 2.00. The molecular formula is C10H19N3O3. The van der Waals surface area contributed by atoms with Crippen molar-refractivity contribution in [2.45, 2.75) is 32.7 Å². The zero-order valence-electron chi connectivity index (χ0n) is 9.66. The SMILES string of the molecule is CC[C@H](C)C(=O)CNC(=O)[C@@H](N)CC(N)=O. The quantitative estimate of drug-likeness (QED) is 0.515. The fourth-order valence-corrected chi connectivity index (χ4v) is 1.02. The van der Waals surface area contributed by atoms with Crippen molar-refractivity contribution >= 4 is 17.6 Å². The Hall–Kier alpha value is -1.43. The summed E-state index contributed by atoms with van der Waals surface area (Å²) in [5, 5.41) is 2.38. The van der Waals surface area contributed by atoms with E-state index in [0.717, 1.165) is 6.42 Å². The second-order valence-corrected chi connectivity index (χ2v) is 3.77. The average Bonchev–Trinajstić information content (AvgIpc) is 2.23. The van der Waals surface area contributed by atoms with Crippen LogP contribution in [0.4, 0.5) is 0 Å². The molecule has 0 aliphatic carbocycles. The van der Waals surface area contributed by atoms with Gasteiger partial charge in [0.15, 0.2) is 5.78 Å². The van der Waals surface area contributed by atoms with Gasteiger partial charge < -0.3 is 16.8 Å². The van der Waals surface area contributed by atoms with Crippen molar-refractivity contribution in [1.29, 1.82) is 0 Å². The first-order valence-electron chi connectivity index (χ1n) is 5.22. The third-order valence-corrected chi connectivity index (χ3v) is 2.36. The molecule has 16 heavy (non-hydrogen) atoms. The molecule has 0 saturated heterocycles. The van der Waals surface area contributed by atoms with Gasteiger partial charge in [-0.15, -0.1) is 0 Å². The van der Waals surface area contributed by atoms with Crippen LogP contribution in [0.3, 0.4) is 0 Å². The summed E-state index contributed by atoms with van der Waals surface area (Å²) >= 11 is 0. The number of nitrogens with two attached hydrogens (primary N) is 2. The van der Waals surface area contributed by atoms with Crippen LogP contribution in [0.1, 0.15) is 26.7 Å². The molecule has 92 valence electrons. The number of hydrogen-bond acceptors (Lipinski definition) is 4. The Morgan fingerprint density at radius 1 is 1.31 bits per heavy atom. The second-order valence-electron chi connectivity index (χ2n) is 3.77. The third-order valence-electron chi connectivity index (χ3n) is 2.36. The van der Waals surface area contributed by atoms with Gasteiger partial charge in [0, 0.05) is 5.92 Å². The van der Waals surface area contributed by atoms with E-state index in [1.54, 1.807) is 6.92 Å². The van der Waals surface area contributed by atoms with E-state index in [0.29, 0.717) is 0 Å². The minimum Gasteiger partial charge on any atom is -0.370 e. The van der Waals surface area contributed by atoms with Crippen LogP contribution in [0.25, 0.3) is 0 Å². The lowest BCUT2D eigenvalue weighted by atomic mass is 10.0. The summed E-state index contributed by atoms with van der Waals surface area (Å²) < 4.78 is 0. The normalized spacial score (nSPS) is 13.9. The Bertz CT molecular complexity index is 278. The Morgan fingerprint density at radius 3 is 2.31 bits per heavy atom. The lowest BCUT2D eigenvalue weighted by molar-refractivity contribution is -0.128. The number of hydrogen-bond donors (Lipinski definition) is 3. The van der Waals surface area contributed by atoms with Gasteiger partial charge in [0.25, 0.3) is 0 Å². The van der Waals surface area contributed by atoms with Gasteiger partial charge >= 0.3 is 0 Å². The van der Waals surface area contributed by atoms with Crippen molar-refractivity contribution in [3.05, 3.63) is 0 Å². The summed E-state index contributed by atoms with van der Waals surface area (Å²) in [5.41, 5.74) is 10.3. The summed E-state index contributed by atoms with van der Waals surface area (Å²) in [5.74, 6) is -1.32. The first-order chi connectivity index (χ1) is 7.38. The van der Waals surface area contributed by atoms with E-state index in [2.05, 4.69) is 5.32 Å². The van der Waals surface area contributed by atoms with E-state index in [9.17, 15) is 14.4 Å². The molecular weight excluding hydrogens is 210 g/mol. The first kappa shape index (κ1) is 14.6. The molecule has 0 aromatic heterocycles. The minimum absolute atomic E-state index is 0.0536. The van der Waals surface area contributed by atoms with Gasteiger partial charge in [-0.1, -0.05) is 13.8 Å². The van der Waals surface area contributed by atoms with Gasteiger partial charge in [-0.2, -0.15) is 0 Å². The zero-order valence-corrected chi connectivity index (χ0v) is 9.66. The molecule has 0 aromatic carbocycles. The highest BCUT2D eigenvalue weighted by atomic mass is 16.2. The number of nitrogens with one attached hydrogen (secondary N) is 1. The van der Waals surface area contributed by atoms with E-state index in [4.69, 9.17) is 11.5 Å². The first-order valence-corrected chi connectivity index (χ1v) is 5.22. The second kappa shape index (κ2) is 6.95. The summed E-state index contributed by atoms with van der Waals surface area (Å²) in [7, 11) is 0. The van der Waals surface area contributed by atoms with Crippen LogP contribution in [0.5, 0.6) is 0 Å². The maximum absolute atomic E-state index is 11.4. The fourth-order valence-electron chi connectivity index (χ4n) is 1.02. The van der Waals surface area contributed by atoms with Crippen molar-refractivity contribution < 1.29 is 14.4 Å². The minimum atomic E-state index is -0.984. The van der Waals surface area contributed by atoms with E-state index < -0.39 is 17.9 Å². The lowest BCUT2D eigenvalue weighted by Gasteiger charge is -2.12. The summed E-state index contributed by atoms with van der Waals surface area (Å²) in [6.07, 6.45) is 0.505. The van der Waals surface area contributed by atoms with E-state index in [1.807, 2.05) is 6.92 Å². The number of rotatable bonds is 7. The molecule has 0 spiro atoms. The highest BCUT2D eigenvalue weighted by molar-refractivity contribution is 5.91. The Labute approximate surface area is 94.7 Å². The highest BCUT2D eigenvalue weighted by Gasteiger charge is 2.17. The fraction of sp³-hybridized carbons (Fsp3) is 0.700. The molecule has 6 nitrogen and oxygen atoms in total. The molecule has 0 aliphatic rings. The molecule has 0 unspecified atom stereocenters. The number of primary amides is 1. The molecule has 2 amide bonds. The predicted octanol–water partition coefficient (Wildman–Crippen LogP) is -1.08. The molecule has 0 aliphatic heterocycles. The molecule has 0 fully saturated rings. The van der Waals surface area contributed by atoms with Crippen LogP contribution in [-0.4, -0.2) is 30.2 Å². The van der Waals surface area contributed by atoms with Crippen molar-refractivity contribution in [3.8, 4) is 0 Å². The molecule has 2 atom stereocenters. The molecule has 0 rings (SSSR count).